The van der Waals surface area contributed by atoms with Crippen LogP contribution < -0.4 is 4.74 Å². The highest BCUT2D eigenvalue weighted by Crippen LogP contribution is 2.38. The molecular weight excluding hydrogens is 501 g/mol. The normalized spacial score (nSPS) is 15.7. The molecule has 2 aromatic carbocycles. The predicted octanol–water partition coefficient (Wildman–Crippen LogP) is 5.99. The van der Waals surface area contributed by atoms with Gasteiger partial charge in [-0.3, -0.25) is 14.5 Å². The van der Waals surface area contributed by atoms with Crippen LogP contribution in [0.4, 0.5) is 9.18 Å². The monoisotopic (exact) mass is 513 g/mol. The first-order chi connectivity index (χ1) is 12.9. The molecule has 1 fully saturated rings. The van der Waals surface area contributed by atoms with E-state index in [-0.39, 0.29) is 23.6 Å². The molecule has 140 valence electrons. The summed E-state index contributed by atoms with van der Waals surface area (Å²) in [5.41, 5.74) is 1.46. The summed E-state index contributed by atoms with van der Waals surface area (Å²) in [5, 5.41) is -0.262. The van der Waals surface area contributed by atoms with Crippen molar-refractivity contribution < 1.29 is 18.7 Å². The number of thioether (sulfide) groups is 1. The van der Waals surface area contributed by atoms with Gasteiger partial charge in [0, 0.05) is 6.54 Å². The minimum Gasteiger partial charge on any atom is -0.487 e. The maximum atomic E-state index is 13.3. The molecular formula is C19H14Br2FNO3S. The summed E-state index contributed by atoms with van der Waals surface area (Å²) in [6, 6.07) is 9.80. The Bertz CT molecular complexity index is 925. The quantitative estimate of drug-likeness (QED) is 0.460. The number of benzene rings is 2. The summed E-state index contributed by atoms with van der Waals surface area (Å²) < 4.78 is 20.4. The summed E-state index contributed by atoms with van der Waals surface area (Å²) in [5.74, 6) is -0.0325. The Morgan fingerprint density at radius 2 is 1.89 bits per heavy atom. The Balaban J connectivity index is 1.80. The van der Waals surface area contributed by atoms with E-state index in [4.69, 9.17) is 4.74 Å². The van der Waals surface area contributed by atoms with Gasteiger partial charge in [-0.15, -0.1) is 0 Å². The Labute approximate surface area is 177 Å². The van der Waals surface area contributed by atoms with E-state index in [0.29, 0.717) is 31.7 Å². The van der Waals surface area contributed by atoms with Gasteiger partial charge in [-0.25, -0.2) is 4.39 Å². The molecule has 2 aromatic rings. The molecule has 4 nitrogen and oxygen atoms in total. The standard InChI is InChI=1S/C19H14Br2FNO3S/c1-2-23-18(24)16(27-19(23)25)9-12-7-14(20)17(15(21)8-12)26-10-11-4-3-5-13(22)6-11/h3-9H,2,10H2,1H3/b16-9+. The molecule has 0 aliphatic carbocycles. The lowest BCUT2D eigenvalue weighted by Crippen LogP contribution is -2.27. The minimum absolute atomic E-state index is 0.212. The van der Waals surface area contributed by atoms with Crippen molar-refractivity contribution in [2.24, 2.45) is 0 Å². The number of halogens is 3. The molecule has 0 radical (unpaired) electrons. The van der Waals surface area contributed by atoms with Crippen LogP contribution in [0.2, 0.25) is 0 Å². The highest BCUT2D eigenvalue weighted by molar-refractivity contribution is 9.11. The van der Waals surface area contributed by atoms with Crippen molar-refractivity contribution in [1.29, 1.82) is 0 Å². The Morgan fingerprint density at radius 3 is 2.48 bits per heavy atom. The summed E-state index contributed by atoms with van der Waals surface area (Å²) in [6.07, 6.45) is 1.67. The summed E-state index contributed by atoms with van der Waals surface area (Å²) >= 11 is 7.85. The molecule has 0 unspecified atom stereocenters. The number of imide groups is 1. The zero-order valence-electron chi connectivity index (χ0n) is 14.2. The lowest BCUT2D eigenvalue weighted by molar-refractivity contribution is -0.122. The van der Waals surface area contributed by atoms with E-state index in [0.717, 1.165) is 17.3 Å². The van der Waals surface area contributed by atoms with Crippen LogP contribution in [0.15, 0.2) is 50.2 Å². The van der Waals surface area contributed by atoms with E-state index < -0.39 is 0 Å². The molecule has 3 rings (SSSR count). The predicted molar refractivity (Wildman–Crippen MR) is 111 cm³/mol. The molecule has 1 heterocycles. The molecule has 1 aliphatic rings. The second kappa shape index (κ2) is 8.58. The zero-order chi connectivity index (χ0) is 19.6. The fourth-order valence-electron chi connectivity index (χ4n) is 2.51. The van der Waals surface area contributed by atoms with Gasteiger partial charge in [0.15, 0.2) is 0 Å². The summed E-state index contributed by atoms with van der Waals surface area (Å²) in [6.45, 7) is 2.32. The van der Waals surface area contributed by atoms with Crippen LogP contribution in [0.25, 0.3) is 6.08 Å². The molecule has 8 heteroatoms. The van der Waals surface area contributed by atoms with Gasteiger partial charge in [-0.2, -0.15) is 0 Å². The van der Waals surface area contributed by atoms with E-state index in [2.05, 4.69) is 31.9 Å². The number of carbonyl (C=O) groups excluding carboxylic acids is 2. The molecule has 27 heavy (non-hydrogen) atoms. The molecule has 1 aliphatic heterocycles. The van der Waals surface area contributed by atoms with Crippen molar-refractivity contribution in [1.82, 2.24) is 4.90 Å². The maximum absolute atomic E-state index is 13.3. The number of hydrogen-bond donors (Lipinski definition) is 0. The first-order valence-corrected chi connectivity index (χ1v) is 10.4. The molecule has 0 saturated carbocycles. The van der Waals surface area contributed by atoms with Crippen molar-refractivity contribution in [2.45, 2.75) is 13.5 Å². The van der Waals surface area contributed by atoms with Gasteiger partial charge in [0.25, 0.3) is 11.1 Å². The summed E-state index contributed by atoms with van der Waals surface area (Å²) in [7, 11) is 0. The minimum atomic E-state index is -0.314. The molecule has 0 N–H and O–H groups in total. The molecule has 0 bridgehead atoms. The van der Waals surface area contributed by atoms with Crippen LogP contribution in [0, 0.1) is 5.82 Å². The van der Waals surface area contributed by atoms with Crippen molar-refractivity contribution >= 4 is 60.8 Å². The van der Waals surface area contributed by atoms with Crippen LogP contribution in [0.1, 0.15) is 18.1 Å². The highest BCUT2D eigenvalue weighted by Gasteiger charge is 2.33. The third-order valence-electron chi connectivity index (χ3n) is 3.78. The number of rotatable bonds is 5. The SMILES string of the molecule is CCN1C(=O)S/C(=C/c2cc(Br)c(OCc3cccc(F)c3)c(Br)c2)C1=O. The third-order valence-corrected chi connectivity index (χ3v) is 5.87. The van der Waals surface area contributed by atoms with E-state index in [9.17, 15) is 14.0 Å². The lowest BCUT2D eigenvalue weighted by Gasteiger charge is -2.12. The van der Waals surface area contributed by atoms with Crippen LogP contribution in [0.5, 0.6) is 5.75 Å². The van der Waals surface area contributed by atoms with Crippen LogP contribution in [-0.2, 0) is 11.4 Å². The van der Waals surface area contributed by atoms with Crippen molar-refractivity contribution in [2.75, 3.05) is 6.54 Å². The number of nitrogens with zero attached hydrogens (tertiary/aromatic N) is 1. The zero-order valence-corrected chi connectivity index (χ0v) is 18.2. The second-order valence-corrected chi connectivity index (χ2v) is 8.36. The van der Waals surface area contributed by atoms with Gasteiger partial charge in [0.1, 0.15) is 18.2 Å². The summed E-state index contributed by atoms with van der Waals surface area (Å²) in [4.78, 5) is 25.6. The maximum Gasteiger partial charge on any atom is 0.293 e. The number of ether oxygens (including phenoxy) is 1. The van der Waals surface area contributed by atoms with E-state index in [1.165, 1.54) is 17.0 Å². The Hall–Kier alpha value is -1.64. The largest absolute Gasteiger partial charge is 0.487 e. The number of amides is 2. The molecule has 0 atom stereocenters. The van der Waals surface area contributed by atoms with Crippen LogP contribution >= 0.6 is 43.6 Å². The van der Waals surface area contributed by atoms with Crippen molar-refractivity contribution in [3.8, 4) is 5.75 Å². The number of carbonyl (C=O) groups is 2. The van der Waals surface area contributed by atoms with E-state index in [1.807, 2.05) is 0 Å². The van der Waals surface area contributed by atoms with Crippen molar-refractivity contribution in [3.05, 3.63) is 67.2 Å². The number of likely N-dealkylation sites (N-methyl/N-ethyl adjacent to an activating group) is 1. The lowest BCUT2D eigenvalue weighted by atomic mass is 10.2. The molecule has 1 saturated heterocycles. The molecule has 2 amide bonds. The van der Waals surface area contributed by atoms with Gasteiger partial charge in [0.2, 0.25) is 0 Å². The Morgan fingerprint density at radius 1 is 1.19 bits per heavy atom. The van der Waals surface area contributed by atoms with Gasteiger partial charge < -0.3 is 4.74 Å². The average molecular weight is 515 g/mol. The Kier molecular flexibility index (Phi) is 6.39. The first kappa shape index (κ1) is 20.1. The smallest absolute Gasteiger partial charge is 0.293 e. The van der Waals surface area contributed by atoms with Crippen LogP contribution in [0.3, 0.4) is 0 Å². The van der Waals surface area contributed by atoms with Crippen LogP contribution in [-0.4, -0.2) is 22.6 Å². The molecule has 0 aromatic heterocycles. The number of hydrogen-bond acceptors (Lipinski definition) is 4. The second-order valence-electron chi connectivity index (χ2n) is 5.66. The van der Waals surface area contributed by atoms with Gasteiger partial charge >= 0.3 is 0 Å². The fraction of sp³-hybridized carbons (Fsp3) is 0.158. The highest BCUT2D eigenvalue weighted by atomic mass is 79.9. The van der Waals surface area contributed by atoms with E-state index in [1.54, 1.807) is 37.3 Å². The van der Waals surface area contributed by atoms with Gasteiger partial charge in [-0.1, -0.05) is 12.1 Å². The third kappa shape index (κ3) is 4.62. The molecule has 0 spiro atoms. The van der Waals surface area contributed by atoms with E-state index >= 15 is 0 Å². The fourth-order valence-corrected chi connectivity index (χ4v) is 4.86. The first-order valence-electron chi connectivity index (χ1n) is 8.00. The average Bonchev–Trinajstić information content (AvgIpc) is 2.87. The van der Waals surface area contributed by atoms with Gasteiger partial charge in [0.05, 0.1) is 13.9 Å². The topological polar surface area (TPSA) is 46.6 Å². The van der Waals surface area contributed by atoms with Crippen molar-refractivity contribution in [3.63, 3.8) is 0 Å². The van der Waals surface area contributed by atoms with Gasteiger partial charge in [-0.05, 0) is 92.0 Å².